The minimum Gasteiger partial charge on any atom is -0.485 e. The van der Waals surface area contributed by atoms with Gasteiger partial charge in [0, 0.05) is 19.6 Å². The molecule has 0 aromatic heterocycles. The Morgan fingerprint density at radius 3 is 2.90 bits per heavy atom. The number of aliphatic hydroxyl groups excluding tert-OH is 1. The number of hydrogen-bond donors (Lipinski definition) is 3. The highest BCUT2D eigenvalue weighted by molar-refractivity contribution is 5.81. The van der Waals surface area contributed by atoms with Crippen molar-refractivity contribution in [1.29, 1.82) is 0 Å². The van der Waals surface area contributed by atoms with E-state index in [4.69, 9.17) is 14.6 Å². The number of hydrogen-bond acceptors (Lipinski definition) is 5. The summed E-state index contributed by atoms with van der Waals surface area (Å²) >= 11 is 0. The van der Waals surface area contributed by atoms with E-state index in [1.807, 2.05) is 18.2 Å². The molecule has 1 aliphatic heterocycles. The SMILES string of the molecule is CC(O)CNCCNC(=O)C1COc2ccccc2O1. The number of rotatable bonds is 6. The van der Waals surface area contributed by atoms with Crippen LogP contribution in [0.25, 0.3) is 0 Å². The van der Waals surface area contributed by atoms with Crippen LogP contribution in [0.2, 0.25) is 0 Å². The van der Waals surface area contributed by atoms with Crippen LogP contribution < -0.4 is 20.1 Å². The van der Waals surface area contributed by atoms with Crippen molar-refractivity contribution < 1.29 is 19.4 Å². The maximum atomic E-state index is 11.9. The molecule has 1 aromatic rings. The summed E-state index contributed by atoms with van der Waals surface area (Å²) < 4.78 is 11.1. The number of fused-ring (bicyclic) bond motifs is 1. The fourth-order valence-corrected chi connectivity index (χ4v) is 1.85. The first-order valence-corrected chi connectivity index (χ1v) is 6.72. The van der Waals surface area contributed by atoms with Gasteiger partial charge in [-0.1, -0.05) is 12.1 Å². The first-order chi connectivity index (χ1) is 9.66. The van der Waals surface area contributed by atoms with E-state index in [2.05, 4.69) is 10.6 Å². The topological polar surface area (TPSA) is 79.8 Å². The van der Waals surface area contributed by atoms with E-state index in [9.17, 15) is 4.79 Å². The van der Waals surface area contributed by atoms with Crippen molar-refractivity contribution in [2.75, 3.05) is 26.2 Å². The van der Waals surface area contributed by atoms with Gasteiger partial charge >= 0.3 is 0 Å². The number of carbonyl (C=O) groups is 1. The maximum Gasteiger partial charge on any atom is 0.264 e. The molecule has 0 saturated heterocycles. The van der Waals surface area contributed by atoms with Crippen molar-refractivity contribution in [3.63, 3.8) is 0 Å². The highest BCUT2D eigenvalue weighted by atomic mass is 16.6. The van der Waals surface area contributed by atoms with Gasteiger partial charge in [0.05, 0.1) is 6.10 Å². The van der Waals surface area contributed by atoms with Gasteiger partial charge in [-0.25, -0.2) is 0 Å². The van der Waals surface area contributed by atoms with E-state index in [0.717, 1.165) is 0 Å². The highest BCUT2D eigenvalue weighted by Gasteiger charge is 2.26. The number of benzene rings is 1. The molecule has 0 spiro atoms. The molecular weight excluding hydrogens is 260 g/mol. The minimum atomic E-state index is -0.623. The molecule has 110 valence electrons. The number of carbonyl (C=O) groups excluding carboxylic acids is 1. The van der Waals surface area contributed by atoms with Crippen LogP contribution in [0.4, 0.5) is 0 Å². The van der Waals surface area contributed by atoms with Crippen LogP contribution in [-0.2, 0) is 4.79 Å². The van der Waals surface area contributed by atoms with Crippen LogP contribution in [0, 0.1) is 0 Å². The summed E-state index contributed by atoms with van der Waals surface area (Å²) in [7, 11) is 0. The molecule has 0 saturated carbocycles. The number of para-hydroxylation sites is 2. The maximum absolute atomic E-state index is 11.9. The standard InChI is InChI=1S/C14H20N2O4/c1-10(17)8-15-6-7-16-14(18)13-9-19-11-4-2-3-5-12(11)20-13/h2-5,10,13,15,17H,6-9H2,1H3,(H,16,18). The third-order valence-electron chi connectivity index (χ3n) is 2.84. The zero-order valence-electron chi connectivity index (χ0n) is 11.5. The monoisotopic (exact) mass is 280 g/mol. The lowest BCUT2D eigenvalue weighted by Crippen LogP contribution is -2.45. The van der Waals surface area contributed by atoms with Gasteiger partial charge in [-0.05, 0) is 19.1 Å². The lowest BCUT2D eigenvalue weighted by Gasteiger charge is -2.25. The Bertz CT molecular complexity index is 451. The third-order valence-corrected chi connectivity index (χ3v) is 2.84. The lowest BCUT2D eigenvalue weighted by molar-refractivity contribution is -0.130. The number of amides is 1. The Hall–Kier alpha value is -1.79. The lowest BCUT2D eigenvalue weighted by atomic mass is 10.2. The second-order valence-corrected chi connectivity index (χ2v) is 4.71. The van der Waals surface area contributed by atoms with Crippen molar-refractivity contribution >= 4 is 5.91 Å². The highest BCUT2D eigenvalue weighted by Crippen LogP contribution is 2.30. The molecule has 2 unspecified atom stereocenters. The molecule has 0 radical (unpaired) electrons. The number of aliphatic hydroxyl groups is 1. The summed E-state index contributed by atoms with van der Waals surface area (Å²) in [5.41, 5.74) is 0. The average molecular weight is 280 g/mol. The molecule has 0 bridgehead atoms. The summed E-state index contributed by atoms with van der Waals surface area (Å²) in [6.45, 7) is 3.50. The molecule has 1 aliphatic rings. The van der Waals surface area contributed by atoms with Crippen molar-refractivity contribution in [2.45, 2.75) is 19.1 Å². The Labute approximate surface area is 118 Å². The zero-order valence-corrected chi connectivity index (χ0v) is 11.5. The van der Waals surface area contributed by atoms with Gasteiger partial charge in [-0.3, -0.25) is 4.79 Å². The number of ether oxygens (including phenoxy) is 2. The second kappa shape index (κ2) is 7.12. The predicted molar refractivity (Wildman–Crippen MR) is 73.9 cm³/mol. The zero-order chi connectivity index (χ0) is 14.4. The summed E-state index contributed by atoms with van der Waals surface area (Å²) in [6.07, 6.45) is -1.01. The van der Waals surface area contributed by atoms with Crippen molar-refractivity contribution in [1.82, 2.24) is 10.6 Å². The summed E-state index contributed by atoms with van der Waals surface area (Å²) in [5.74, 6) is 1.06. The van der Waals surface area contributed by atoms with E-state index in [1.165, 1.54) is 0 Å². The van der Waals surface area contributed by atoms with Crippen LogP contribution in [0.3, 0.4) is 0 Å². The van der Waals surface area contributed by atoms with Crippen LogP contribution >= 0.6 is 0 Å². The van der Waals surface area contributed by atoms with Crippen molar-refractivity contribution in [2.24, 2.45) is 0 Å². The van der Waals surface area contributed by atoms with Crippen LogP contribution in [-0.4, -0.2) is 49.5 Å². The minimum absolute atomic E-state index is 0.196. The van der Waals surface area contributed by atoms with Crippen molar-refractivity contribution in [3.05, 3.63) is 24.3 Å². The van der Waals surface area contributed by atoms with Crippen LogP contribution in [0.5, 0.6) is 11.5 Å². The molecule has 1 aromatic carbocycles. The first-order valence-electron chi connectivity index (χ1n) is 6.72. The van der Waals surface area contributed by atoms with Gasteiger partial charge in [0.15, 0.2) is 11.5 Å². The molecule has 1 amide bonds. The molecule has 3 N–H and O–H groups in total. The van der Waals surface area contributed by atoms with E-state index >= 15 is 0 Å². The average Bonchev–Trinajstić information content (AvgIpc) is 2.46. The second-order valence-electron chi connectivity index (χ2n) is 4.71. The van der Waals surface area contributed by atoms with Gasteiger partial charge in [0.25, 0.3) is 5.91 Å². The van der Waals surface area contributed by atoms with E-state index in [1.54, 1.807) is 13.0 Å². The Kier molecular flexibility index (Phi) is 5.20. The predicted octanol–water partition coefficient (Wildman–Crippen LogP) is -0.0870. The quantitative estimate of drug-likeness (QED) is 0.635. The Balaban J connectivity index is 1.72. The molecule has 0 aliphatic carbocycles. The summed E-state index contributed by atoms with van der Waals surface area (Å²) in [6, 6.07) is 7.28. The molecule has 0 fully saturated rings. The first kappa shape index (κ1) is 14.6. The van der Waals surface area contributed by atoms with Gasteiger partial charge < -0.3 is 25.2 Å². The van der Waals surface area contributed by atoms with Crippen LogP contribution in [0.15, 0.2) is 24.3 Å². The molecule has 2 atom stereocenters. The normalized spacial score (nSPS) is 18.4. The Morgan fingerprint density at radius 2 is 2.15 bits per heavy atom. The van der Waals surface area contributed by atoms with Gasteiger partial charge in [-0.2, -0.15) is 0 Å². The van der Waals surface area contributed by atoms with Gasteiger partial charge in [-0.15, -0.1) is 0 Å². The Morgan fingerprint density at radius 1 is 1.40 bits per heavy atom. The van der Waals surface area contributed by atoms with E-state index < -0.39 is 12.2 Å². The molecule has 6 nitrogen and oxygen atoms in total. The summed E-state index contributed by atoms with van der Waals surface area (Å²) in [4.78, 5) is 11.9. The molecule has 1 heterocycles. The largest absolute Gasteiger partial charge is 0.485 e. The summed E-state index contributed by atoms with van der Waals surface area (Å²) in [5, 5.41) is 14.9. The fourth-order valence-electron chi connectivity index (χ4n) is 1.85. The van der Waals surface area contributed by atoms with Gasteiger partial charge in [0.2, 0.25) is 6.10 Å². The third kappa shape index (κ3) is 4.11. The van der Waals surface area contributed by atoms with Crippen molar-refractivity contribution in [3.8, 4) is 11.5 Å². The van der Waals surface area contributed by atoms with E-state index in [0.29, 0.717) is 31.1 Å². The molecule has 6 heteroatoms. The van der Waals surface area contributed by atoms with Gasteiger partial charge in [0.1, 0.15) is 6.61 Å². The number of nitrogens with one attached hydrogen (secondary N) is 2. The van der Waals surface area contributed by atoms with Crippen LogP contribution in [0.1, 0.15) is 6.92 Å². The smallest absolute Gasteiger partial charge is 0.264 e. The molecule has 20 heavy (non-hydrogen) atoms. The fraction of sp³-hybridized carbons (Fsp3) is 0.500. The molecule has 2 rings (SSSR count). The van der Waals surface area contributed by atoms with E-state index in [-0.39, 0.29) is 12.5 Å². The molecular formula is C14H20N2O4.